The largest absolute Gasteiger partial charge is 0.312 e. The Kier molecular flexibility index (Phi) is 3.50. The Labute approximate surface area is 137 Å². The highest BCUT2D eigenvalue weighted by molar-refractivity contribution is 7.89. The highest BCUT2D eigenvalue weighted by Gasteiger charge is 2.41. The van der Waals surface area contributed by atoms with Crippen LogP contribution >= 0.6 is 0 Å². The molecule has 3 aliphatic rings. The van der Waals surface area contributed by atoms with Crippen LogP contribution in [0, 0.1) is 11.8 Å². The number of carbonyl (C=O) groups excluding carboxylic acids is 1. The van der Waals surface area contributed by atoms with Gasteiger partial charge in [0, 0.05) is 25.2 Å². The molecule has 0 radical (unpaired) electrons. The lowest BCUT2D eigenvalue weighted by molar-refractivity contribution is -0.116. The van der Waals surface area contributed by atoms with Crippen LogP contribution < -0.4 is 9.62 Å². The van der Waals surface area contributed by atoms with Gasteiger partial charge >= 0.3 is 0 Å². The van der Waals surface area contributed by atoms with Crippen LogP contribution in [0.3, 0.4) is 0 Å². The first kappa shape index (κ1) is 15.1. The van der Waals surface area contributed by atoms with E-state index in [0.29, 0.717) is 29.7 Å². The number of benzene rings is 1. The molecule has 0 saturated heterocycles. The molecule has 1 aliphatic heterocycles. The second-order valence-electron chi connectivity index (χ2n) is 7.11. The van der Waals surface area contributed by atoms with Gasteiger partial charge in [-0.25, -0.2) is 13.1 Å². The van der Waals surface area contributed by atoms with E-state index >= 15 is 0 Å². The average molecular weight is 334 g/mol. The Morgan fingerprint density at radius 1 is 1.26 bits per heavy atom. The van der Waals surface area contributed by atoms with Crippen molar-refractivity contribution in [2.75, 3.05) is 11.4 Å². The van der Waals surface area contributed by atoms with Gasteiger partial charge in [0.25, 0.3) is 0 Å². The fourth-order valence-electron chi connectivity index (χ4n) is 4.53. The van der Waals surface area contributed by atoms with Gasteiger partial charge in [-0.1, -0.05) is 6.42 Å². The van der Waals surface area contributed by atoms with E-state index in [1.165, 1.54) is 19.8 Å². The summed E-state index contributed by atoms with van der Waals surface area (Å²) in [6.45, 7) is 2.17. The number of nitrogens with zero attached hydrogens (tertiary/aromatic N) is 1. The third-order valence-corrected chi connectivity index (χ3v) is 7.17. The first-order valence-electron chi connectivity index (χ1n) is 8.37. The first-order chi connectivity index (χ1) is 10.9. The predicted molar refractivity (Wildman–Crippen MR) is 87.7 cm³/mol. The maximum atomic E-state index is 12.7. The lowest BCUT2D eigenvalue weighted by Gasteiger charge is -2.23. The fraction of sp³-hybridized carbons (Fsp3) is 0.588. The Morgan fingerprint density at radius 3 is 2.74 bits per heavy atom. The SMILES string of the molecule is CC(=O)N1CCc2cc(S(=O)(=O)NC3CC4CCC3C4)ccc21. The molecule has 124 valence electrons. The molecule has 2 fully saturated rings. The number of rotatable bonds is 3. The van der Waals surface area contributed by atoms with Gasteiger partial charge in [-0.05, 0) is 61.3 Å². The van der Waals surface area contributed by atoms with E-state index in [9.17, 15) is 13.2 Å². The maximum absolute atomic E-state index is 12.7. The van der Waals surface area contributed by atoms with Gasteiger partial charge in [0.2, 0.25) is 15.9 Å². The standard InChI is InChI=1S/C17H22N2O3S/c1-11(20)19-7-6-14-10-15(4-5-17(14)19)23(21,22)18-16-9-12-2-3-13(16)8-12/h4-5,10,12-13,16,18H,2-3,6-9H2,1H3. The number of sulfonamides is 1. The van der Waals surface area contributed by atoms with Crippen LogP contribution in [-0.4, -0.2) is 26.9 Å². The van der Waals surface area contributed by atoms with E-state index in [2.05, 4.69) is 4.72 Å². The molecule has 2 aliphatic carbocycles. The van der Waals surface area contributed by atoms with Crippen molar-refractivity contribution >= 4 is 21.6 Å². The van der Waals surface area contributed by atoms with Gasteiger partial charge in [-0.2, -0.15) is 0 Å². The molecule has 1 N–H and O–H groups in total. The third kappa shape index (κ3) is 2.58. The minimum Gasteiger partial charge on any atom is -0.312 e. The van der Waals surface area contributed by atoms with Crippen LogP contribution in [0.1, 0.15) is 38.2 Å². The van der Waals surface area contributed by atoms with Gasteiger partial charge in [-0.3, -0.25) is 4.79 Å². The van der Waals surface area contributed by atoms with E-state index in [4.69, 9.17) is 0 Å². The molecule has 3 atom stereocenters. The summed E-state index contributed by atoms with van der Waals surface area (Å²) in [5.41, 5.74) is 1.78. The summed E-state index contributed by atoms with van der Waals surface area (Å²) in [5, 5.41) is 0. The van der Waals surface area contributed by atoms with Gasteiger partial charge < -0.3 is 4.90 Å². The van der Waals surface area contributed by atoms with Crippen molar-refractivity contribution < 1.29 is 13.2 Å². The van der Waals surface area contributed by atoms with Crippen molar-refractivity contribution in [2.24, 2.45) is 11.8 Å². The molecule has 1 amide bonds. The smallest absolute Gasteiger partial charge is 0.240 e. The number of amides is 1. The van der Waals surface area contributed by atoms with Crippen LogP contribution in [0.15, 0.2) is 23.1 Å². The number of fused-ring (bicyclic) bond motifs is 3. The molecule has 3 unspecified atom stereocenters. The maximum Gasteiger partial charge on any atom is 0.240 e. The molecule has 0 aromatic heterocycles. The van der Waals surface area contributed by atoms with Gasteiger partial charge in [-0.15, -0.1) is 0 Å². The monoisotopic (exact) mass is 334 g/mol. The molecule has 5 nitrogen and oxygen atoms in total. The van der Waals surface area contributed by atoms with E-state index < -0.39 is 10.0 Å². The average Bonchev–Trinajstić information content (AvgIpc) is 3.20. The molecule has 1 aromatic carbocycles. The van der Waals surface area contributed by atoms with Crippen molar-refractivity contribution in [3.05, 3.63) is 23.8 Å². The summed E-state index contributed by atoms with van der Waals surface area (Å²) >= 11 is 0. The fourth-order valence-corrected chi connectivity index (χ4v) is 5.90. The molecule has 0 spiro atoms. The minimum absolute atomic E-state index is 0.000497. The molecule has 6 heteroatoms. The summed E-state index contributed by atoms with van der Waals surface area (Å²) in [5.74, 6) is 1.22. The number of hydrogen-bond acceptors (Lipinski definition) is 3. The molecule has 4 rings (SSSR count). The van der Waals surface area contributed by atoms with E-state index in [0.717, 1.165) is 24.1 Å². The molecule has 23 heavy (non-hydrogen) atoms. The van der Waals surface area contributed by atoms with Crippen LogP contribution in [0.4, 0.5) is 5.69 Å². The topological polar surface area (TPSA) is 66.5 Å². The highest BCUT2D eigenvalue weighted by Crippen LogP contribution is 2.45. The lowest BCUT2D eigenvalue weighted by Crippen LogP contribution is -2.38. The summed E-state index contributed by atoms with van der Waals surface area (Å²) < 4.78 is 28.3. The number of carbonyl (C=O) groups is 1. The third-order valence-electron chi connectivity index (χ3n) is 5.68. The normalized spacial score (nSPS) is 29.1. The van der Waals surface area contributed by atoms with E-state index in [-0.39, 0.29) is 11.9 Å². The van der Waals surface area contributed by atoms with Crippen molar-refractivity contribution in [2.45, 2.75) is 50.0 Å². The molecule has 2 saturated carbocycles. The lowest BCUT2D eigenvalue weighted by atomic mass is 9.96. The zero-order chi connectivity index (χ0) is 16.2. The zero-order valence-electron chi connectivity index (χ0n) is 13.3. The number of nitrogens with one attached hydrogen (secondary N) is 1. The summed E-state index contributed by atoms with van der Waals surface area (Å²) in [4.78, 5) is 13.6. The van der Waals surface area contributed by atoms with Crippen LogP contribution in [-0.2, 0) is 21.2 Å². The first-order valence-corrected chi connectivity index (χ1v) is 9.86. The molecule has 1 heterocycles. The second kappa shape index (κ2) is 5.31. The zero-order valence-corrected chi connectivity index (χ0v) is 14.1. The molecule has 2 bridgehead atoms. The van der Waals surface area contributed by atoms with Gasteiger partial charge in [0.05, 0.1) is 4.90 Å². The van der Waals surface area contributed by atoms with Crippen LogP contribution in [0.25, 0.3) is 0 Å². The van der Waals surface area contributed by atoms with Crippen molar-refractivity contribution in [1.82, 2.24) is 4.72 Å². The number of hydrogen-bond donors (Lipinski definition) is 1. The number of anilines is 1. The molecular formula is C17H22N2O3S. The summed E-state index contributed by atoms with van der Waals surface area (Å²) in [6.07, 6.45) is 5.27. The van der Waals surface area contributed by atoms with Gasteiger partial charge in [0.15, 0.2) is 0 Å². The van der Waals surface area contributed by atoms with E-state index in [1.807, 2.05) is 0 Å². The van der Waals surface area contributed by atoms with Gasteiger partial charge in [0.1, 0.15) is 0 Å². The Balaban J connectivity index is 1.57. The van der Waals surface area contributed by atoms with Crippen molar-refractivity contribution in [3.63, 3.8) is 0 Å². The quantitative estimate of drug-likeness (QED) is 0.920. The summed E-state index contributed by atoms with van der Waals surface area (Å²) in [6, 6.07) is 5.21. The molecular weight excluding hydrogens is 312 g/mol. The minimum atomic E-state index is -3.48. The van der Waals surface area contributed by atoms with Crippen LogP contribution in [0.5, 0.6) is 0 Å². The molecule has 1 aromatic rings. The van der Waals surface area contributed by atoms with E-state index in [1.54, 1.807) is 23.1 Å². The predicted octanol–water partition coefficient (Wildman–Crippen LogP) is 2.06. The Morgan fingerprint density at radius 2 is 2.09 bits per heavy atom. The van der Waals surface area contributed by atoms with Crippen molar-refractivity contribution in [3.8, 4) is 0 Å². The Hall–Kier alpha value is -1.40. The highest BCUT2D eigenvalue weighted by atomic mass is 32.2. The Bertz CT molecular complexity index is 759. The van der Waals surface area contributed by atoms with Crippen molar-refractivity contribution in [1.29, 1.82) is 0 Å². The van der Waals surface area contributed by atoms with Crippen LogP contribution in [0.2, 0.25) is 0 Å². The summed E-state index contributed by atoms with van der Waals surface area (Å²) in [7, 11) is -3.48. The second-order valence-corrected chi connectivity index (χ2v) is 8.83.